The van der Waals surface area contributed by atoms with Gasteiger partial charge in [-0.05, 0) is 44.0 Å². The van der Waals surface area contributed by atoms with Crippen LogP contribution >= 0.6 is 0 Å². The highest BCUT2D eigenvalue weighted by molar-refractivity contribution is 6.01. The molecule has 6 nitrogen and oxygen atoms in total. The Labute approximate surface area is 178 Å². The van der Waals surface area contributed by atoms with Gasteiger partial charge in [-0.3, -0.25) is 14.9 Å². The normalized spacial score (nSPS) is 18.2. The van der Waals surface area contributed by atoms with Gasteiger partial charge in [-0.25, -0.2) is 13.8 Å². The Hall–Kier alpha value is -3.16. The molecule has 1 amide bonds. The number of carbonyl (C=O) groups is 1. The second-order valence-corrected chi connectivity index (χ2v) is 8.37. The average molecular weight is 423 g/mol. The first-order valence-electron chi connectivity index (χ1n) is 10.6. The minimum absolute atomic E-state index is 0.0443. The molecule has 31 heavy (non-hydrogen) atoms. The van der Waals surface area contributed by atoms with E-state index in [4.69, 9.17) is 4.98 Å². The van der Waals surface area contributed by atoms with Crippen LogP contribution in [0.2, 0.25) is 0 Å². The van der Waals surface area contributed by atoms with E-state index >= 15 is 0 Å². The molecule has 1 aliphatic carbocycles. The summed E-state index contributed by atoms with van der Waals surface area (Å²) in [6.45, 7) is 1.91. The summed E-state index contributed by atoms with van der Waals surface area (Å²) < 4.78 is 27.2. The van der Waals surface area contributed by atoms with Crippen molar-refractivity contribution >= 4 is 5.91 Å². The Morgan fingerprint density at radius 3 is 2.58 bits per heavy atom. The second kappa shape index (κ2) is 7.51. The number of aromatic amines is 1. The van der Waals surface area contributed by atoms with E-state index < -0.39 is 5.92 Å². The molecule has 2 aromatic heterocycles. The summed E-state index contributed by atoms with van der Waals surface area (Å²) in [5, 5.41) is 7.05. The van der Waals surface area contributed by atoms with Crippen LogP contribution in [0.3, 0.4) is 0 Å². The van der Waals surface area contributed by atoms with E-state index in [2.05, 4.69) is 15.2 Å². The van der Waals surface area contributed by atoms with E-state index in [9.17, 15) is 13.6 Å². The first kappa shape index (κ1) is 19.8. The van der Waals surface area contributed by atoms with Crippen molar-refractivity contribution in [1.82, 2.24) is 25.1 Å². The van der Waals surface area contributed by atoms with Crippen LogP contribution in [0.4, 0.5) is 8.78 Å². The standard InChI is InChI=1S/C23H23F2N5O/c1-14-26-21(29-28-14)16-7-8-17(22(31)30-11-9-23(24,25)10-12-30)18(13-16)20-4-2-3-19(27-20)15-5-6-15/h2-4,7-8,13,15H,5-6,9-12H2,1H3,(H,26,28,29). The molecule has 0 atom stereocenters. The lowest BCUT2D eigenvalue weighted by Gasteiger charge is -2.32. The number of piperidine rings is 1. The van der Waals surface area contributed by atoms with Crippen molar-refractivity contribution in [2.45, 2.75) is 44.4 Å². The molecule has 5 rings (SSSR count). The van der Waals surface area contributed by atoms with E-state index in [-0.39, 0.29) is 31.8 Å². The lowest BCUT2D eigenvalue weighted by molar-refractivity contribution is -0.0494. The third-order valence-corrected chi connectivity index (χ3v) is 5.93. The largest absolute Gasteiger partial charge is 0.338 e. The van der Waals surface area contributed by atoms with Gasteiger partial charge >= 0.3 is 0 Å². The number of halogens is 2. The first-order chi connectivity index (χ1) is 14.9. The second-order valence-electron chi connectivity index (χ2n) is 8.37. The minimum Gasteiger partial charge on any atom is -0.338 e. The number of carbonyl (C=O) groups excluding carboxylic acids is 1. The Morgan fingerprint density at radius 1 is 1.13 bits per heavy atom. The SMILES string of the molecule is Cc1nc(-c2ccc(C(=O)N3CCC(F)(F)CC3)c(-c3cccc(C4CC4)n3)c2)n[nH]1. The fraction of sp³-hybridized carbons (Fsp3) is 0.391. The maximum Gasteiger partial charge on any atom is 0.254 e. The lowest BCUT2D eigenvalue weighted by Crippen LogP contribution is -2.42. The first-order valence-corrected chi connectivity index (χ1v) is 10.6. The van der Waals surface area contributed by atoms with Gasteiger partial charge in [-0.2, -0.15) is 5.10 Å². The number of benzene rings is 1. The molecular formula is C23H23F2N5O. The molecule has 0 radical (unpaired) electrons. The van der Waals surface area contributed by atoms with Crippen molar-refractivity contribution in [2.75, 3.05) is 13.1 Å². The number of likely N-dealkylation sites (tertiary alicyclic amines) is 1. The molecule has 1 aliphatic heterocycles. The molecule has 3 aromatic rings. The average Bonchev–Trinajstić information content (AvgIpc) is 3.53. The van der Waals surface area contributed by atoms with Gasteiger partial charge < -0.3 is 4.90 Å². The lowest BCUT2D eigenvalue weighted by atomic mass is 9.97. The summed E-state index contributed by atoms with van der Waals surface area (Å²) in [5.41, 5.74) is 3.61. The van der Waals surface area contributed by atoms with Gasteiger partial charge in [0.25, 0.3) is 11.8 Å². The zero-order valence-electron chi connectivity index (χ0n) is 17.2. The number of pyridine rings is 1. The van der Waals surface area contributed by atoms with Crippen molar-refractivity contribution < 1.29 is 13.6 Å². The third-order valence-electron chi connectivity index (χ3n) is 5.93. The van der Waals surface area contributed by atoms with Crippen LogP contribution < -0.4 is 0 Å². The molecule has 3 heterocycles. The van der Waals surface area contributed by atoms with Crippen LogP contribution in [0, 0.1) is 6.92 Å². The molecule has 2 fully saturated rings. The Morgan fingerprint density at radius 2 is 1.90 bits per heavy atom. The van der Waals surface area contributed by atoms with E-state index in [1.807, 2.05) is 31.2 Å². The maximum atomic E-state index is 13.6. The van der Waals surface area contributed by atoms with Crippen LogP contribution in [-0.2, 0) is 0 Å². The molecule has 8 heteroatoms. The molecule has 1 saturated carbocycles. The number of hydrogen-bond acceptors (Lipinski definition) is 4. The van der Waals surface area contributed by atoms with Crippen LogP contribution in [0.5, 0.6) is 0 Å². The van der Waals surface area contributed by atoms with Gasteiger partial charge in [0.1, 0.15) is 5.82 Å². The van der Waals surface area contributed by atoms with Crippen molar-refractivity contribution in [3.05, 3.63) is 53.5 Å². The van der Waals surface area contributed by atoms with Gasteiger partial charge in [0, 0.05) is 54.2 Å². The molecule has 0 bridgehead atoms. The number of aromatic nitrogens is 4. The van der Waals surface area contributed by atoms with E-state index in [0.29, 0.717) is 34.4 Å². The van der Waals surface area contributed by atoms with E-state index in [1.54, 1.807) is 12.1 Å². The molecule has 0 spiro atoms. The number of nitrogens with zero attached hydrogens (tertiary/aromatic N) is 4. The quantitative estimate of drug-likeness (QED) is 0.666. The number of aryl methyl sites for hydroxylation is 1. The fourth-order valence-corrected chi connectivity index (χ4v) is 3.97. The number of nitrogens with one attached hydrogen (secondary N) is 1. The molecule has 1 saturated heterocycles. The van der Waals surface area contributed by atoms with Crippen molar-refractivity contribution in [2.24, 2.45) is 0 Å². The van der Waals surface area contributed by atoms with Crippen LogP contribution in [0.15, 0.2) is 36.4 Å². The molecule has 1 N–H and O–H groups in total. The number of alkyl halides is 2. The highest BCUT2D eigenvalue weighted by atomic mass is 19.3. The summed E-state index contributed by atoms with van der Waals surface area (Å²) in [6.07, 6.45) is 1.64. The van der Waals surface area contributed by atoms with Crippen LogP contribution in [0.1, 0.15) is 53.5 Å². The Balaban J connectivity index is 1.55. The topological polar surface area (TPSA) is 74.8 Å². The van der Waals surface area contributed by atoms with Gasteiger partial charge in [-0.15, -0.1) is 0 Å². The van der Waals surface area contributed by atoms with Crippen molar-refractivity contribution in [3.63, 3.8) is 0 Å². The molecular weight excluding hydrogens is 400 g/mol. The predicted molar refractivity (Wildman–Crippen MR) is 112 cm³/mol. The number of H-pyrrole nitrogens is 1. The van der Waals surface area contributed by atoms with Gasteiger partial charge in [-0.1, -0.05) is 12.1 Å². The number of amides is 1. The summed E-state index contributed by atoms with van der Waals surface area (Å²) in [6, 6.07) is 11.2. The van der Waals surface area contributed by atoms with Crippen molar-refractivity contribution in [1.29, 1.82) is 0 Å². The minimum atomic E-state index is -2.70. The third kappa shape index (κ3) is 4.06. The Kier molecular flexibility index (Phi) is 4.79. The monoisotopic (exact) mass is 423 g/mol. The number of rotatable bonds is 4. The zero-order chi connectivity index (χ0) is 21.6. The molecule has 0 unspecified atom stereocenters. The molecule has 1 aromatic carbocycles. The van der Waals surface area contributed by atoms with Gasteiger partial charge in [0.2, 0.25) is 0 Å². The summed E-state index contributed by atoms with van der Waals surface area (Å²) in [4.78, 5) is 24.0. The van der Waals surface area contributed by atoms with Crippen LogP contribution in [0.25, 0.3) is 22.6 Å². The summed E-state index contributed by atoms with van der Waals surface area (Å²) >= 11 is 0. The van der Waals surface area contributed by atoms with E-state index in [0.717, 1.165) is 24.1 Å². The van der Waals surface area contributed by atoms with Gasteiger partial charge in [0.15, 0.2) is 5.82 Å². The van der Waals surface area contributed by atoms with Gasteiger partial charge in [0.05, 0.1) is 5.69 Å². The fourth-order valence-electron chi connectivity index (χ4n) is 3.97. The molecule has 160 valence electrons. The van der Waals surface area contributed by atoms with E-state index in [1.165, 1.54) is 4.90 Å². The Bertz CT molecular complexity index is 1130. The molecule has 2 aliphatic rings. The predicted octanol–water partition coefficient (Wildman–Crippen LogP) is 4.59. The smallest absolute Gasteiger partial charge is 0.254 e. The zero-order valence-corrected chi connectivity index (χ0v) is 17.2. The van der Waals surface area contributed by atoms with Crippen LogP contribution in [-0.4, -0.2) is 50.0 Å². The highest BCUT2D eigenvalue weighted by Gasteiger charge is 2.36. The highest BCUT2D eigenvalue weighted by Crippen LogP contribution is 2.40. The summed E-state index contributed by atoms with van der Waals surface area (Å²) in [7, 11) is 0. The van der Waals surface area contributed by atoms with Crippen molar-refractivity contribution in [3.8, 4) is 22.6 Å². The maximum absolute atomic E-state index is 13.6. The summed E-state index contributed by atoms with van der Waals surface area (Å²) in [5.74, 6) is -1.25. The number of hydrogen-bond donors (Lipinski definition) is 1.